The van der Waals surface area contributed by atoms with Gasteiger partial charge in [0.15, 0.2) is 0 Å². The molecule has 0 saturated carbocycles. The van der Waals surface area contributed by atoms with E-state index in [1.807, 2.05) is 6.26 Å². The molecule has 0 aromatic carbocycles. The van der Waals surface area contributed by atoms with Crippen molar-refractivity contribution >= 4 is 36.2 Å². The van der Waals surface area contributed by atoms with Crippen molar-refractivity contribution in [3.05, 3.63) is 0 Å². The summed E-state index contributed by atoms with van der Waals surface area (Å²) in [6.45, 7) is 1.52. The number of rotatable bonds is 8. The summed E-state index contributed by atoms with van der Waals surface area (Å²) in [5, 5.41) is 2.98. The maximum atomic E-state index is 11.8. The SMILES string of the molecule is CSC1CC(=O)N(CCCCCNCS)C1=O. The highest BCUT2D eigenvalue weighted by atomic mass is 32.2. The Morgan fingerprint density at radius 1 is 1.41 bits per heavy atom. The van der Waals surface area contributed by atoms with E-state index in [0.29, 0.717) is 18.8 Å². The maximum absolute atomic E-state index is 11.8. The number of hydrogen-bond acceptors (Lipinski definition) is 5. The van der Waals surface area contributed by atoms with E-state index in [4.69, 9.17) is 0 Å². The van der Waals surface area contributed by atoms with Gasteiger partial charge in [-0.15, -0.1) is 0 Å². The number of nitrogens with one attached hydrogen (secondary N) is 1. The highest BCUT2D eigenvalue weighted by Crippen LogP contribution is 2.23. The fourth-order valence-electron chi connectivity index (χ4n) is 1.85. The molecule has 1 aliphatic heterocycles. The number of imide groups is 1. The van der Waals surface area contributed by atoms with E-state index < -0.39 is 0 Å². The second-order valence-corrected chi connectivity index (χ2v) is 5.39. The van der Waals surface area contributed by atoms with Crippen LogP contribution in [0.3, 0.4) is 0 Å². The molecule has 0 radical (unpaired) electrons. The number of thioether (sulfide) groups is 1. The quantitative estimate of drug-likeness (QED) is 0.302. The lowest BCUT2D eigenvalue weighted by Crippen LogP contribution is -2.32. The van der Waals surface area contributed by atoms with Gasteiger partial charge in [-0.2, -0.15) is 24.4 Å². The van der Waals surface area contributed by atoms with Gasteiger partial charge in [-0.05, 0) is 25.6 Å². The highest BCUT2D eigenvalue weighted by Gasteiger charge is 2.37. The molecule has 1 heterocycles. The smallest absolute Gasteiger partial charge is 0.242 e. The highest BCUT2D eigenvalue weighted by molar-refractivity contribution is 8.00. The molecule has 1 N–H and O–H groups in total. The minimum absolute atomic E-state index is 0.00372. The number of carbonyl (C=O) groups excluding carboxylic acids is 2. The van der Waals surface area contributed by atoms with Crippen LogP contribution < -0.4 is 5.32 Å². The normalized spacial score (nSPS) is 20.4. The molecule has 1 saturated heterocycles. The van der Waals surface area contributed by atoms with E-state index in [2.05, 4.69) is 17.9 Å². The Morgan fingerprint density at radius 2 is 2.18 bits per heavy atom. The number of unbranched alkanes of at least 4 members (excludes halogenated alkanes) is 2. The summed E-state index contributed by atoms with van der Waals surface area (Å²) in [6, 6.07) is 0. The van der Waals surface area contributed by atoms with E-state index in [1.165, 1.54) is 16.7 Å². The number of carbonyl (C=O) groups is 2. The van der Waals surface area contributed by atoms with Crippen molar-refractivity contribution in [3.63, 3.8) is 0 Å². The van der Waals surface area contributed by atoms with E-state index in [-0.39, 0.29) is 17.1 Å². The van der Waals surface area contributed by atoms with Gasteiger partial charge >= 0.3 is 0 Å². The molecule has 1 fully saturated rings. The largest absolute Gasteiger partial charge is 0.308 e. The van der Waals surface area contributed by atoms with Crippen molar-refractivity contribution in [2.45, 2.75) is 30.9 Å². The average molecular weight is 276 g/mol. The van der Waals surface area contributed by atoms with Crippen molar-refractivity contribution in [2.75, 3.05) is 25.2 Å². The maximum Gasteiger partial charge on any atom is 0.242 e. The van der Waals surface area contributed by atoms with Crippen molar-refractivity contribution in [1.82, 2.24) is 10.2 Å². The second-order valence-electron chi connectivity index (χ2n) is 4.03. The van der Waals surface area contributed by atoms with Crippen LogP contribution in [0.2, 0.25) is 0 Å². The first-order valence-electron chi connectivity index (χ1n) is 5.89. The molecule has 1 atom stereocenters. The molecule has 0 spiro atoms. The third-order valence-electron chi connectivity index (χ3n) is 2.83. The standard InChI is InChI=1S/C11H20N2O2S2/c1-17-9-7-10(14)13(11(9)15)6-4-2-3-5-12-8-16/h9,12,16H,2-8H2,1H3. The van der Waals surface area contributed by atoms with Gasteiger partial charge in [0.25, 0.3) is 0 Å². The zero-order chi connectivity index (χ0) is 12.7. The van der Waals surface area contributed by atoms with Crippen molar-refractivity contribution < 1.29 is 9.59 Å². The molecular weight excluding hydrogens is 256 g/mol. The van der Waals surface area contributed by atoms with Gasteiger partial charge < -0.3 is 5.32 Å². The lowest BCUT2D eigenvalue weighted by atomic mass is 10.2. The molecule has 17 heavy (non-hydrogen) atoms. The number of nitrogens with zero attached hydrogens (tertiary/aromatic N) is 1. The van der Waals surface area contributed by atoms with Crippen molar-refractivity contribution in [3.8, 4) is 0 Å². The average Bonchev–Trinajstić information content (AvgIpc) is 2.60. The zero-order valence-electron chi connectivity index (χ0n) is 10.1. The van der Waals surface area contributed by atoms with Gasteiger partial charge in [0.05, 0.1) is 5.25 Å². The summed E-state index contributed by atoms with van der Waals surface area (Å²) < 4.78 is 0. The Balaban J connectivity index is 2.18. The predicted octanol–water partition coefficient (Wildman–Crippen LogP) is 1.12. The molecule has 0 aromatic heterocycles. The number of hydrogen-bond donors (Lipinski definition) is 2. The number of amides is 2. The van der Waals surface area contributed by atoms with Crippen molar-refractivity contribution in [2.24, 2.45) is 0 Å². The minimum atomic E-state index is -0.145. The first-order chi connectivity index (χ1) is 8.20. The van der Waals surface area contributed by atoms with Gasteiger partial charge in [0.2, 0.25) is 11.8 Å². The van der Waals surface area contributed by atoms with Crippen LogP contribution in [0.25, 0.3) is 0 Å². The predicted molar refractivity (Wildman–Crippen MR) is 74.3 cm³/mol. The first kappa shape index (κ1) is 14.9. The Kier molecular flexibility index (Phi) is 6.99. The van der Waals surface area contributed by atoms with Gasteiger partial charge in [-0.25, -0.2) is 0 Å². The molecule has 0 aliphatic carbocycles. The first-order valence-corrected chi connectivity index (χ1v) is 7.81. The van der Waals surface area contributed by atoms with Crippen molar-refractivity contribution in [1.29, 1.82) is 0 Å². The molecule has 0 bridgehead atoms. The van der Waals surface area contributed by atoms with Gasteiger partial charge in [-0.1, -0.05) is 6.42 Å². The molecule has 6 heteroatoms. The molecular formula is C11H20N2O2S2. The summed E-state index contributed by atoms with van der Waals surface area (Å²) in [7, 11) is 0. The molecule has 1 unspecified atom stereocenters. The molecule has 98 valence electrons. The zero-order valence-corrected chi connectivity index (χ0v) is 11.9. The molecule has 0 aromatic rings. The molecule has 1 rings (SSSR count). The Morgan fingerprint density at radius 3 is 2.76 bits per heavy atom. The van der Waals surface area contributed by atoms with Gasteiger partial charge in [-0.3, -0.25) is 14.5 Å². The van der Waals surface area contributed by atoms with E-state index in [1.54, 1.807) is 0 Å². The lowest BCUT2D eigenvalue weighted by Gasteiger charge is -2.14. The van der Waals surface area contributed by atoms with Gasteiger partial charge in [0.1, 0.15) is 0 Å². The van der Waals surface area contributed by atoms with E-state index >= 15 is 0 Å². The minimum Gasteiger partial charge on any atom is -0.308 e. The van der Waals surface area contributed by atoms with Crippen LogP contribution in [0.15, 0.2) is 0 Å². The third-order valence-corrected chi connectivity index (χ3v) is 4.00. The molecule has 4 nitrogen and oxygen atoms in total. The van der Waals surface area contributed by atoms with E-state index in [0.717, 1.165) is 25.8 Å². The number of likely N-dealkylation sites (tertiary alicyclic amines) is 1. The van der Waals surface area contributed by atoms with Crippen LogP contribution >= 0.6 is 24.4 Å². The van der Waals surface area contributed by atoms with Crippen LogP contribution in [0.1, 0.15) is 25.7 Å². The van der Waals surface area contributed by atoms with Crippen LogP contribution in [0, 0.1) is 0 Å². The van der Waals surface area contributed by atoms with Crippen LogP contribution in [-0.2, 0) is 9.59 Å². The van der Waals surface area contributed by atoms with E-state index in [9.17, 15) is 9.59 Å². The summed E-state index contributed by atoms with van der Waals surface area (Å²) in [4.78, 5) is 24.8. The second kappa shape index (κ2) is 8.00. The summed E-state index contributed by atoms with van der Waals surface area (Å²) >= 11 is 5.52. The number of thiol groups is 1. The Bertz CT molecular complexity index is 274. The third kappa shape index (κ3) is 4.52. The van der Waals surface area contributed by atoms with Crippen LogP contribution in [0.4, 0.5) is 0 Å². The Hall–Kier alpha value is -0.200. The van der Waals surface area contributed by atoms with Crippen LogP contribution in [-0.4, -0.2) is 47.2 Å². The monoisotopic (exact) mass is 276 g/mol. The Labute approximate surface area is 112 Å². The summed E-state index contributed by atoms with van der Waals surface area (Å²) in [6.07, 6.45) is 5.24. The summed E-state index contributed by atoms with van der Waals surface area (Å²) in [5.41, 5.74) is 0. The molecule has 2 amide bonds. The van der Waals surface area contributed by atoms with Crippen LogP contribution in [0.5, 0.6) is 0 Å². The topological polar surface area (TPSA) is 49.4 Å². The lowest BCUT2D eigenvalue weighted by molar-refractivity contribution is -0.138. The fraction of sp³-hybridized carbons (Fsp3) is 0.818. The summed E-state index contributed by atoms with van der Waals surface area (Å²) in [5.74, 6) is 0.678. The molecule has 1 aliphatic rings. The van der Waals surface area contributed by atoms with Gasteiger partial charge in [0, 0.05) is 18.8 Å². The fourth-order valence-corrected chi connectivity index (χ4v) is 2.64.